The lowest BCUT2D eigenvalue weighted by Gasteiger charge is -2.12. The van der Waals surface area contributed by atoms with Gasteiger partial charge < -0.3 is 9.30 Å². The van der Waals surface area contributed by atoms with E-state index in [1.165, 1.54) is 0 Å². The maximum atomic E-state index is 12.1. The van der Waals surface area contributed by atoms with Gasteiger partial charge in [-0.1, -0.05) is 6.85 Å². The fraction of sp³-hybridized carbons (Fsp3) is 0.636. The van der Waals surface area contributed by atoms with Crippen LogP contribution in [0, 0.1) is 11.8 Å². The van der Waals surface area contributed by atoms with Crippen LogP contribution in [0.15, 0.2) is 12.5 Å². The Bertz CT molecular complexity index is 681. The first-order chi connectivity index (χ1) is 11.1. The van der Waals surface area contributed by atoms with Gasteiger partial charge in [-0.15, -0.1) is 0 Å². The molecular weight excluding hydrogens is 192 g/mol. The largest absolute Gasteiger partial charge is 0.465 e. The first kappa shape index (κ1) is 3.61. The molecule has 1 aliphatic rings. The Hall–Kier alpha value is -1.32. The van der Waals surface area contributed by atoms with E-state index in [9.17, 15) is 4.79 Å². The summed E-state index contributed by atoms with van der Waals surface area (Å²) in [5.41, 5.74) is -0.0636. The van der Waals surface area contributed by atoms with Gasteiger partial charge in [0.05, 0.1) is 18.8 Å². The van der Waals surface area contributed by atoms with Gasteiger partial charge in [-0.25, -0.2) is 4.98 Å². The maximum absolute atomic E-state index is 12.1. The van der Waals surface area contributed by atoms with E-state index in [1.807, 2.05) is 0 Å². The molecule has 0 saturated carbocycles. The number of aryl methyl sites for hydroxylation is 1. The summed E-state index contributed by atoms with van der Waals surface area (Å²) < 4.78 is 82.0. The minimum atomic E-state index is -3.39. The number of cyclic esters (lactones) is 1. The number of carbonyl (C=O) groups excluding carboxylic acids is 1. The molecule has 1 aliphatic heterocycles. The quantitative estimate of drug-likeness (QED) is 0.715. The molecule has 2 rings (SSSR count). The molecule has 82 valence electrons. The molecule has 1 fully saturated rings. The third-order valence-corrected chi connectivity index (χ3v) is 2.17. The first-order valence-electron chi connectivity index (χ1n) is 9.27. The van der Waals surface area contributed by atoms with E-state index in [4.69, 9.17) is 13.7 Å². The third-order valence-electron chi connectivity index (χ3n) is 2.17. The monoisotopic (exact) mass is 218 g/mol. The van der Waals surface area contributed by atoms with Crippen molar-refractivity contribution in [3.63, 3.8) is 0 Å². The number of hydrogen-bond donors (Lipinski definition) is 0. The molecule has 1 aromatic heterocycles. The molecular formula is C11H16N2O2. The molecule has 0 amide bonds. The van der Waals surface area contributed by atoms with Gasteiger partial charge in [-0.3, -0.25) is 4.79 Å². The van der Waals surface area contributed by atoms with Crippen LogP contribution in [0.25, 0.3) is 0 Å². The minimum absolute atomic E-state index is 0.0636. The molecule has 0 spiro atoms. The van der Waals surface area contributed by atoms with Crippen molar-refractivity contribution in [3.05, 3.63) is 18.2 Å². The van der Waals surface area contributed by atoms with E-state index in [2.05, 4.69) is 9.72 Å². The van der Waals surface area contributed by atoms with Crippen LogP contribution >= 0.6 is 0 Å². The molecule has 0 radical (unpaired) electrons. The number of rotatable bonds is 3. The molecule has 2 atom stereocenters. The molecule has 0 aliphatic carbocycles. The van der Waals surface area contributed by atoms with E-state index in [-0.39, 0.29) is 5.69 Å². The summed E-state index contributed by atoms with van der Waals surface area (Å²) in [7, 11) is 0. The van der Waals surface area contributed by atoms with Crippen LogP contribution in [0.4, 0.5) is 0 Å². The predicted octanol–water partition coefficient (Wildman–Crippen LogP) is 1.16. The number of hydrogen-bond acceptors (Lipinski definition) is 3. The standard InChI is InChI=1S/C11H16N2O2/c1-3-10-8(6-15-11(10)14)4-9-5-12-7-13(9)2/h5,7-8,10H,3-4,6H2,1-2H3/t8-,10-/m0/s1/i1D3,2D3,3D2,8D,10D. The van der Waals surface area contributed by atoms with Crippen molar-refractivity contribution >= 4 is 5.97 Å². The number of imidazole rings is 1. The Balaban J connectivity index is 2.53. The van der Waals surface area contributed by atoms with Gasteiger partial charge in [-0.05, 0) is 12.8 Å². The van der Waals surface area contributed by atoms with Crippen LogP contribution < -0.4 is 0 Å². The first-order valence-corrected chi connectivity index (χ1v) is 4.27. The highest BCUT2D eigenvalue weighted by Crippen LogP contribution is 2.27. The zero-order valence-corrected chi connectivity index (χ0v) is 7.78. The summed E-state index contributed by atoms with van der Waals surface area (Å²) in [5, 5.41) is 0. The van der Waals surface area contributed by atoms with Crippen molar-refractivity contribution in [1.29, 1.82) is 0 Å². The number of carbonyl (C=O) groups is 1. The van der Waals surface area contributed by atoms with Crippen LogP contribution in [0.3, 0.4) is 0 Å². The number of ether oxygens (including phenoxy) is 1. The van der Waals surface area contributed by atoms with E-state index in [1.54, 1.807) is 0 Å². The lowest BCUT2D eigenvalue weighted by Crippen LogP contribution is -2.18. The van der Waals surface area contributed by atoms with E-state index in [0.717, 1.165) is 17.1 Å². The molecule has 0 bridgehead atoms. The molecule has 0 unspecified atom stereocenters. The molecule has 4 heteroatoms. The molecule has 2 heterocycles. The van der Waals surface area contributed by atoms with Crippen LogP contribution in [0.2, 0.25) is 0 Å². The molecule has 0 N–H and O–H groups in total. The maximum Gasteiger partial charge on any atom is 0.309 e. The average Bonchev–Trinajstić information content (AvgIpc) is 2.97. The second kappa shape index (κ2) is 4.04. The van der Waals surface area contributed by atoms with Crippen LogP contribution in [0.5, 0.6) is 0 Å². The summed E-state index contributed by atoms with van der Waals surface area (Å²) in [4.78, 5) is 15.7. The van der Waals surface area contributed by atoms with Crippen molar-refractivity contribution < 1.29 is 23.2 Å². The normalized spacial score (nSPS) is 47.9. The van der Waals surface area contributed by atoms with Gasteiger partial charge in [0, 0.05) is 38.5 Å². The van der Waals surface area contributed by atoms with Gasteiger partial charge >= 0.3 is 5.97 Å². The second-order valence-electron chi connectivity index (χ2n) is 3.11. The summed E-state index contributed by atoms with van der Waals surface area (Å²) in [5.74, 6) is -6.90. The van der Waals surface area contributed by atoms with Crippen molar-refractivity contribution in [3.8, 4) is 0 Å². The fourth-order valence-corrected chi connectivity index (χ4v) is 1.39. The summed E-state index contributed by atoms with van der Waals surface area (Å²) in [6.07, 6.45) is -1.90. The van der Waals surface area contributed by atoms with Gasteiger partial charge in [0.2, 0.25) is 0 Å². The minimum Gasteiger partial charge on any atom is -0.465 e. The average molecular weight is 218 g/mol. The Morgan fingerprint density at radius 2 is 2.87 bits per heavy atom. The Morgan fingerprint density at radius 1 is 1.93 bits per heavy atom. The Labute approximate surface area is 103 Å². The number of nitrogens with zero attached hydrogens (tertiary/aromatic N) is 2. The van der Waals surface area contributed by atoms with E-state index in [0.29, 0.717) is 0 Å². The van der Waals surface area contributed by atoms with Crippen LogP contribution in [0.1, 0.15) is 32.6 Å². The number of esters is 1. The molecule has 1 aromatic rings. The smallest absolute Gasteiger partial charge is 0.309 e. The van der Waals surface area contributed by atoms with Gasteiger partial charge in [0.15, 0.2) is 0 Å². The van der Waals surface area contributed by atoms with Crippen LogP contribution in [-0.2, 0) is 22.9 Å². The van der Waals surface area contributed by atoms with E-state index < -0.39 is 51.0 Å². The fourth-order valence-electron chi connectivity index (χ4n) is 1.39. The van der Waals surface area contributed by atoms with Gasteiger partial charge in [0.1, 0.15) is 0 Å². The van der Waals surface area contributed by atoms with Crippen molar-refractivity contribution in [2.24, 2.45) is 18.8 Å². The predicted molar refractivity (Wildman–Crippen MR) is 55.1 cm³/mol. The second-order valence-corrected chi connectivity index (χ2v) is 3.11. The summed E-state index contributed by atoms with van der Waals surface area (Å²) in [6, 6.07) is 0. The summed E-state index contributed by atoms with van der Waals surface area (Å²) >= 11 is 0. The van der Waals surface area contributed by atoms with Crippen LogP contribution in [-0.4, -0.2) is 22.1 Å². The van der Waals surface area contributed by atoms with Gasteiger partial charge in [0.25, 0.3) is 0 Å². The SMILES string of the molecule is [2H]C([2H])([2H])n1cncc1C[C@@]1([2H])COC(=O)[C@@]1([2H])C([2H])([2H])C([2H])([2H])[2H]. The van der Waals surface area contributed by atoms with Crippen molar-refractivity contribution in [1.82, 2.24) is 9.55 Å². The highest BCUT2D eigenvalue weighted by Gasteiger charge is 2.35. The molecule has 1 saturated heterocycles. The number of aromatic nitrogens is 2. The van der Waals surface area contributed by atoms with Crippen molar-refractivity contribution in [2.75, 3.05) is 6.61 Å². The Kier molecular flexibility index (Phi) is 0.974. The third kappa shape index (κ3) is 1.89. The topological polar surface area (TPSA) is 44.1 Å². The molecule has 4 nitrogen and oxygen atoms in total. The van der Waals surface area contributed by atoms with E-state index >= 15 is 0 Å². The molecule has 15 heavy (non-hydrogen) atoms. The Morgan fingerprint density at radius 3 is 3.67 bits per heavy atom. The lowest BCUT2D eigenvalue weighted by atomic mass is 9.89. The summed E-state index contributed by atoms with van der Waals surface area (Å²) in [6.45, 7) is -6.74. The molecule has 0 aromatic carbocycles. The van der Waals surface area contributed by atoms with Gasteiger partial charge in [-0.2, -0.15) is 0 Å². The highest BCUT2D eigenvalue weighted by atomic mass is 16.5. The highest BCUT2D eigenvalue weighted by molar-refractivity contribution is 5.74. The zero-order valence-electron chi connectivity index (χ0n) is 17.8. The lowest BCUT2D eigenvalue weighted by molar-refractivity contribution is -0.141. The van der Waals surface area contributed by atoms with Crippen molar-refractivity contribution in [2.45, 2.75) is 19.6 Å². The zero-order chi connectivity index (χ0) is 19.5.